The van der Waals surface area contributed by atoms with Crippen LogP contribution in [0.4, 0.5) is 4.39 Å². The number of piperidine rings is 1. The van der Waals surface area contributed by atoms with Gasteiger partial charge in [-0.1, -0.05) is 19.4 Å². The maximum atomic E-state index is 14.0. The molecule has 2 N–H and O–H groups in total. The van der Waals surface area contributed by atoms with Crippen molar-refractivity contribution in [2.45, 2.75) is 37.6 Å². The van der Waals surface area contributed by atoms with Crippen LogP contribution in [0.3, 0.4) is 0 Å². The zero-order valence-electron chi connectivity index (χ0n) is 11.7. The molecule has 6 heteroatoms. The van der Waals surface area contributed by atoms with Crippen molar-refractivity contribution in [3.63, 3.8) is 0 Å². The first-order chi connectivity index (χ1) is 9.48. The van der Waals surface area contributed by atoms with E-state index in [-0.39, 0.29) is 11.4 Å². The van der Waals surface area contributed by atoms with Gasteiger partial charge in [0.15, 0.2) is 0 Å². The molecule has 1 heterocycles. The molecule has 0 aliphatic carbocycles. The Morgan fingerprint density at radius 2 is 2.00 bits per heavy atom. The van der Waals surface area contributed by atoms with E-state index in [4.69, 9.17) is 5.73 Å². The molecule has 1 saturated heterocycles. The lowest BCUT2D eigenvalue weighted by Crippen LogP contribution is -2.38. The van der Waals surface area contributed by atoms with E-state index in [9.17, 15) is 12.8 Å². The Kier molecular flexibility index (Phi) is 4.78. The molecule has 1 aliphatic rings. The Morgan fingerprint density at radius 3 is 2.50 bits per heavy atom. The van der Waals surface area contributed by atoms with Gasteiger partial charge in [0.25, 0.3) is 0 Å². The SMILES string of the molecule is CCC1CCN(S(=O)(=O)c2ccc(CN)cc2F)CC1. The molecule has 2 rings (SSSR count). The van der Waals surface area contributed by atoms with Crippen molar-refractivity contribution in [1.29, 1.82) is 0 Å². The lowest BCUT2D eigenvalue weighted by molar-refractivity contribution is 0.268. The first kappa shape index (κ1) is 15.4. The third-order valence-electron chi connectivity index (χ3n) is 4.00. The summed E-state index contributed by atoms with van der Waals surface area (Å²) in [7, 11) is -3.73. The van der Waals surface area contributed by atoms with Crippen LogP contribution in [-0.2, 0) is 16.6 Å². The highest BCUT2D eigenvalue weighted by Crippen LogP contribution is 2.26. The van der Waals surface area contributed by atoms with E-state index in [1.54, 1.807) is 6.07 Å². The van der Waals surface area contributed by atoms with E-state index >= 15 is 0 Å². The van der Waals surface area contributed by atoms with Gasteiger partial charge in [-0.3, -0.25) is 0 Å². The molecule has 0 amide bonds. The molecule has 1 aromatic carbocycles. The largest absolute Gasteiger partial charge is 0.326 e. The normalized spacial score (nSPS) is 18.4. The number of hydrogen-bond donors (Lipinski definition) is 1. The first-order valence-corrected chi connectivity index (χ1v) is 8.41. The predicted molar refractivity (Wildman–Crippen MR) is 76.1 cm³/mol. The molecule has 0 radical (unpaired) electrons. The van der Waals surface area contributed by atoms with E-state index in [0.717, 1.165) is 19.3 Å². The van der Waals surface area contributed by atoms with E-state index in [1.807, 2.05) is 0 Å². The number of sulfonamides is 1. The summed E-state index contributed by atoms with van der Waals surface area (Å²) in [5, 5.41) is 0. The average molecular weight is 300 g/mol. The molecule has 0 unspecified atom stereocenters. The fourth-order valence-corrected chi connectivity index (χ4v) is 4.09. The topological polar surface area (TPSA) is 63.4 Å². The number of nitrogens with zero attached hydrogens (tertiary/aromatic N) is 1. The van der Waals surface area contributed by atoms with Crippen LogP contribution in [0, 0.1) is 11.7 Å². The molecule has 0 saturated carbocycles. The summed E-state index contributed by atoms with van der Waals surface area (Å²) in [6.07, 6.45) is 2.75. The van der Waals surface area contributed by atoms with E-state index in [0.29, 0.717) is 24.6 Å². The van der Waals surface area contributed by atoms with Crippen molar-refractivity contribution < 1.29 is 12.8 Å². The predicted octanol–water partition coefficient (Wildman–Crippen LogP) is 2.10. The van der Waals surface area contributed by atoms with E-state index in [2.05, 4.69) is 6.92 Å². The van der Waals surface area contributed by atoms with Crippen molar-refractivity contribution in [2.75, 3.05) is 13.1 Å². The summed E-state index contributed by atoms with van der Waals surface area (Å²) >= 11 is 0. The van der Waals surface area contributed by atoms with Crippen molar-refractivity contribution in [3.05, 3.63) is 29.6 Å². The summed E-state index contributed by atoms with van der Waals surface area (Å²) in [4.78, 5) is -0.246. The fourth-order valence-electron chi connectivity index (χ4n) is 2.58. The maximum Gasteiger partial charge on any atom is 0.245 e. The van der Waals surface area contributed by atoms with Gasteiger partial charge in [0.05, 0.1) is 0 Å². The monoisotopic (exact) mass is 300 g/mol. The molecule has 1 aliphatic heterocycles. The second-order valence-corrected chi connectivity index (χ2v) is 7.13. The lowest BCUT2D eigenvalue weighted by Gasteiger charge is -2.30. The van der Waals surface area contributed by atoms with Crippen LogP contribution in [0.2, 0.25) is 0 Å². The molecule has 1 aromatic rings. The third-order valence-corrected chi connectivity index (χ3v) is 5.93. The van der Waals surface area contributed by atoms with Crippen molar-refractivity contribution in [2.24, 2.45) is 11.7 Å². The molecular weight excluding hydrogens is 279 g/mol. The van der Waals surface area contributed by atoms with Gasteiger partial charge in [-0.05, 0) is 36.5 Å². The molecule has 0 atom stereocenters. The van der Waals surface area contributed by atoms with Gasteiger partial charge in [-0.25, -0.2) is 12.8 Å². The minimum atomic E-state index is -3.73. The lowest BCUT2D eigenvalue weighted by atomic mass is 9.96. The summed E-state index contributed by atoms with van der Waals surface area (Å²) < 4.78 is 40.3. The number of halogens is 1. The van der Waals surface area contributed by atoms with Gasteiger partial charge in [-0.2, -0.15) is 4.31 Å². The second-order valence-electron chi connectivity index (χ2n) is 5.22. The first-order valence-electron chi connectivity index (χ1n) is 6.97. The Morgan fingerprint density at radius 1 is 1.35 bits per heavy atom. The summed E-state index contributed by atoms with van der Waals surface area (Å²) in [6.45, 7) is 3.25. The van der Waals surface area contributed by atoms with Gasteiger partial charge < -0.3 is 5.73 Å². The van der Waals surface area contributed by atoms with Crippen molar-refractivity contribution in [1.82, 2.24) is 4.31 Å². The highest BCUT2D eigenvalue weighted by Gasteiger charge is 2.30. The van der Waals surface area contributed by atoms with Gasteiger partial charge in [-0.15, -0.1) is 0 Å². The standard InChI is InChI=1S/C14H21FN2O2S/c1-2-11-5-7-17(8-6-11)20(18,19)14-4-3-12(10-16)9-13(14)15/h3-4,9,11H,2,5-8,10,16H2,1H3. The Labute approximate surface area is 119 Å². The molecular formula is C14H21FN2O2S. The molecule has 0 bridgehead atoms. The number of nitrogens with two attached hydrogens (primary N) is 1. The van der Waals surface area contributed by atoms with Gasteiger partial charge in [0.1, 0.15) is 10.7 Å². The third kappa shape index (κ3) is 3.02. The number of rotatable bonds is 4. The van der Waals surface area contributed by atoms with Gasteiger partial charge in [0.2, 0.25) is 10.0 Å². The van der Waals surface area contributed by atoms with Crippen LogP contribution >= 0.6 is 0 Å². The fraction of sp³-hybridized carbons (Fsp3) is 0.571. The minimum absolute atomic E-state index is 0.194. The highest BCUT2D eigenvalue weighted by atomic mass is 32.2. The van der Waals surface area contributed by atoms with Crippen molar-refractivity contribution in [3.8, 4) is 0 Å². The Bertz CT molecular complexity index is 567. The van der Waals surface area contributed by atoms with Crippen LogP contribution in [0.15, 0.2) is 23.1 Å². The summed E-state index contributed by atoms with van der Waals surface area (Å²) in [6, 6.07) is 4.08. The molecule has 1 fully saturated rings. The van der Waals surface area contributed by atoms with E-state index in [1.165, 1.54) is 16.4 Å². The minimum Gasteiger partial charge on any atom is -0.326 e. The number of benzene rings is 1. The second kappa shape index (κ2) is 6.20. The Balaban J connectivity index is 2.23. The molecule has 4 nitrogen and oxygen atoms in total. The average Bonchev–Trinajstić information content (AvgIpc) is 2.46. The highest BCUT2D eigenvalue weighted by molar-refractivity contribution is 7.89. The van der Waals surface area contributed by atoms with Crippen LogP contribution < -0.4 is 5.73 Å². The molecule has 112 valence electrons. The summed E-state index contributed by atoms with van der Waals surface area (Å²) in [5.74, 6) is -0.142. The van der Waals surface area contributed by atoms with Crippen LogP contribution in [0.25, 0.3) is 0 Å². The summed E-state index contributed by atoms with van der Waals surface area (Å²) in [5.41, 5.74) is 6.01. The van der Waals surface area contributed by atoms with Crippen LogP contribution in [-0.4, -0.2) is 25.8 Å². The van der Waals surface area contributed by atoms with Crippen LogP contribution in [0.1, 0.15) is 31.7 Å². The van der Waals surface area contributed by atoms with E-state index < -0.39 is 15.8 Å². The van der Waals surface area contributed by atoms with Gasteiger partial charge in [0, 0.05) is 19.6 Å². The van der Waals surface area contributed by atoms with Gasteiger partial charge >= 0.3 is 0 Å². The zero-order chi connectivity index (χ0) is 14.8. The quantitative estimate of drug-likeness (QED) is 0.926. The molecule has 20 heavy (non-hydrogen) atoms. The zero-order valence-corrected chi connectivity index (χ0v) is 12.5. The smallest absolute Gasteiger partial charge is 0.245 e. The van der Waals surface area contributed by atoms with Crippen LogP contribution in [0.5, 0.6) is 0 Å². The molecule has 0 aromatic heterocycles. The maximum absolute atomic E-state index is 14.0. The van der Waals surface area contributed by atoms with Crippen molar-refractivity contribution >= 4 is 10.0 Å². The number of hydrogen-bond acceptors (Lipinski definition) is 3. The molecule has 0 spiro atoms. The Hall–Kier alpha value is -0.980.